The number of aryl methyl sites for hydroxylation is 1. The second-order valence-electron chi connectivity index (χ2n) is 7.94. The maximum absolute atomic E-state index is 13.2. The van der Waals surface area contributed by atoms with Crippen LogP contribution in [0.2, 0.25) is 10.0 Å². The van der Waals surface area contributed by atoms with Gasteiger partial charge in [-0.1, -0.05) is 78.7 Å². The molecule has 0 unspecified atom stereocenters. The first-order valence-electron chi connectivity index (χ1n) is 10.8. The van der Waals surface area contributed by atoms with Crippen molar-refractivity contribution in [2.75, 3.05) is 4.90 Å². The molecule has 1 aliphatic rings. The minimum absolute atomic E-state index is 0.356. The number of carbonyl (C=O) groups is 2. The Kier molecular flexibility index (Phi) is 6.26. The summed E-state index contributed by atoms with van der Waals surface area (Å²) in [6, 6.07) is 20.8. The minimum atomic E-state index is -0.373. The molecule has 0 atom stereocenters. The van der Waals surface area contributed by atoms with Crippen molar-refractivity contribution < 1.29 is 9.59 Å². The first-order valence-corrected chi connectivity index (χ1v) is 12.4. The summed E-state index contributed by atoms with van der Waals surface area (Å²) < 4.78 is 2.17. The number of para-hydroxylation sites is 2. The molecule has 0 radical (unpaired) electrons. The molecule has 1 aromatic heterocycles. The number of halogens is 2. The summed E-state index contributed by atoms with van der Waals surface area (Å²) in [4.78, 5) is 27.4. The summed E-state index contributed by atoms with van der Waals surface area (Å²) in [5.74, 6) is -0.373. The van der Waals surface area contributed by atoms with Gasteiger partial charge in [0.1, 0.15) is 0 Å². The monoisotopic (exact) mass is 506 g/mol. The Morgan fingerprint density at radius 1 is 0.882 bits per heavy atom. The summed E-state index contributed by atoms with van der Waals surface area (Å²) in [6.07, 6.45) is 4.69. The average molecular weight is 507 g/mol. The molecule has 1 aliphatic heterocycles. The normalized spacial score (nSPS) is 15.1. The molecule has 4 aromatic rings. The molecular weight excluding hydrogens is 487 g/mol. The summed E-state index contributed by atoms with van der Waals surface area (Å²) in [5, 5.41) is 1.73. The van der Waals surface area contributed by atoms with Crippen LogP contribution in [0.3, 0.4) is 0 Å². The number of carbonyl (C=O) groups excluding carboxylic acids is 2. The van der Waals surface area contributed by atoms with Crippen LogP contribution in [0.4, 0.5) is 10.5 Å². The number of nitrogens with zero attached hydrogens (tertiary/aromatic N) is 2. The van der Waals surface area contributed by atoms with Crippen LogP contribution in [0.25, 0.3) is 17.0 Å². The lowest BCUT2D eigenvalue weighted by Crippen LogP contribution is -2.27. The lowest BCUT2D eigenvalue weighted by molar-refractivity contribution is -0.113. The van der Waals surface area contributed by atoms with Crippen LogP contribution >= 0.6 is 35.0 Å². The van der Waals surface area contributed by atoms with E-state index in [9.17, 15) is 9.59 Å². The van der Waals surface area contributed by atoms with Crippen LogP contribution in [-0.2, 0) is 17.8 Å². The predicted molar refractivity (Wildman–Crippen MR) is 142 cm³/mol. The second kappa shape index (κ2) is 9.34. The first-order chi connectivity index (χ1) is 16.5. The van der Waals surface area contributed by atoms with E-state index < -0.39 is 0 Å². The van der Waals surface area contributed by atoms with E-state index in [1.807, 2.05) is 42.6 Å². The third-order valence-corrected chi connectivity index (χ3v) is 7.42. The van der Waals surface area contributed by atoms with Gasteiger partial charge in [0.15, 0.2) is 0 Å². The molecule has 3 aromatic carbocycles. The molecule has 2 amide bonds. The highest BCUT2D eigenvalue weighted by molar-refractivity contribution is 8.19. The molecule has 5 rings (SSSR count). The molecule has 2 heterocycles. The number of fused-ring (bicyclic) bond motifs is 1. The third kappa shape index (κ3) is 4.05. The van der Waals surface area contributed by atoms with Crippen molar-refractivity contribution in [2.24, 2.45) is 0 Å². The van der Waals surface area contributed by atoms with Crippen molar-refractivity contribution in [3.63, 3.8) is 0 Å². The number of amides is 2. The predicted octanol–water partition coefficient (Wildman–Crippen LogP) is 7.80. The Morgan fingerprint density at radius 2 is 1.59 bits per heavy atom. The van der Waals surface area contributed by atoms with Gasteiger partial charge in [0.25, 0.3) is 11.1 Å². The zero-order chi connectivity index (χ0) is 23.8. The van der Waals surface area contributed by atoms with Crippen LogP contribution in [0.1, 0.15) is 23.6 Å². The Labute approximate surface area is 211 Å². The van der Waals surface area contributed by atoms with E-state index in [2.05, 4.69) is 17.6 Å². The number of hydrogen-bond acceptors (Lipinski definition) is 3. The van der Waals surface area contributed by atoms with Gasteiger partial charge in [-0.25, -0.2) is 4.90 Å². The fourth-order valence-corrected chi connectivity index (χ4v) is 5.49. The van der Waals surface area contributed by atoms with Crippen LogP contribution in [-0.4, -0.2) is 15.7 Å². The van der Waals surface area contributed by atoms with E-state index in [0.717, 1.165) is 45.1 Å². The lowest BCUT2D eigenvalue weighted by Gasteiger charge is -2.13. The van der Waals surface area contributed by atoms with Gasteiger partial charge in [0.2, 0.25) is 0 Å². The van der Waals surface area contributed by atoms with Gasteiger partial charge in [0.05, 0.1) is 21.1 Å². The molecule has 4 nitrogen and oxygen atoms in total. The Hall–Kier alpha value is -2.99. The molecule has 0 aliphatic carbocycles. The van der Waals surface area contributed by atoms with Crippen molar-refractivity contribution in [3.8, 4) is 0 Å². The first kappa shape index (κ1) is 22.8. The zero-order valence-electron chi connectivity index (χ0n) is 18.3. The molecule has 7 heteroatoms. The van der Waals surface area contributed by atoms with E-state index in [4.69, 9.17) is 23.2 Å². The van der Waals surface area contributed by atoms with Crippen molar-refractivity contribution in [3.05, 3.63) is 105 Å². The number of rotatable bonds is 5. The van der Waals surface area contributed by atoms with E-state index in [1.54, 1.807) is 30.3 Å². The Bertz CT molecular complexity index is 1470. The van der Waals surface area contributed by atoms with E-state index in [-0.39, 0.29) is 11.1 Å². The summed E-state index contributed by atoms with van der Waals surface area (Å²) in [5.41, 5.74) is 4.58. The van der Waals surface area contributed by atoms with Gasteiger partial charge in [-0.15, -0.1) is 0 Å². The zero-order valence-corrected chi connectivity index (χ0v) is 20.6. The summed E-state index contributed by atoms with van der Waals surface area (Å²) >= 11 is 13.6. The molecule has 34 heavy (non-hydrogen) atoms. The SMILES string of the molecule is CCc1cccc2c(/C=C3\SC(=O)N(c4ccccc4Cl)C3=O)cn(Cc3ccccc3Cl)c12. The highest BCUT2D eigenvalue weighted by atomic mass is 35.5. The smallest absolute Gasteiger partial charge is 0.298 e. The fraction of sp³-hybridized carbons (Fsp3) is 0.111. The van der Waals surface area contributed by atoms with Gasteiger partial charge >= 0.3 is 0 Å². The number of thioether (sulfide) groups is 1. The number of benzene rings is 3. The molecule has 1 fully saturated rings. The maximum atomic E-state index is 13.2. The van der Waals surface area contributed by atoms with Gasteiger partial charge in [-0.2, -0.15) is 0 Å². The lowest BCUT2D eigenvalue weighted by atomic mass is 10.1. The summed E-state index contributed by atoms with van der Waals surface area (Å²) in [6.45, 7) is 2.72. The number of imide groups is 1. The van der Waals surface area contributed by atoms with Crippen molar-refractivity contribution in [2.45, 2.75) is 19.9 Å². The molecule has 0 bridgehead atoms. The van der Waals surface area contributed by atoms with Crippen LogP contribution in [0, 0.1) is 0 Å². The third-order valence-electron chi connectivity index (χ3n) is 5.87. The molecule has 0 saturated carbocycles. The highest BCUT2D eigenvalue weighted by Crippen LogP contribution is 2.39. The number of hydrogen-bond donors (Lipinski definition) is 0. The number of anilines is 1. The average Bonchev–Trinajstić information content (AvgIpc) is 3.32. The van der Waals surface area contributed by atoms with Gasteiger partial charge in [0, 0.05) is 28.7 Å². The quantitative estimate of drug-likeness (QED) is 0.259. The maximum Gasteiger partial charge on any atom is 0.298 e. The standard InChI is InChI=1S/C27H20Cl2N2O2S/c1-2-17-9-7-10-20-19(16-30(25(17)20)15-18-8-3-4-11-21(18)28)14-24-26(32)31(27(33)34-24)23-13-6-5-12-22(23)29/h3-14,16H,2,15H2,1H3/b24-14-. The minimum Gasteiger partial charge on any atom is -0.342 e. The van der Waals surface area contributed by atoms with Crippen LogP contribution < -0.4 is 4.90 Å². The van der Waals surface area contributed by atoms with Crippen molar-refractivity contribution >= 4 is 68.8 Å². The topological polar surface area (TPSA) is 42.3 Å². The van der Waals surface area contributed by atoms with Crippen LogP contribution in [0.5, 0.6) is 0 Å². The summed E-state index contributed by atoms with van der Waals surface area (Å²) in [7, 11) is 0. The van der Waals surface area contributed by atoms with Crippen molar-refractivity contribution in [1.82, 2.24) is 4.57 Å². The molecular formula is C27H20Cl2N2O2S. The van der Waals surface area contributed by atoms with Gasteiger partial charge in [-0.05, 0) is 53.6 Å². The van der Waals surface area contributed by atoms with Crippen molar-refractivity contribution in [1.29, 1.82) is 0 Å². The molecule has 0 N–H and O–H groups in total. The Morgan fingerprint density at radius 3 is 2.32 bits per heavy atom. The van der Waals surface area contributed by atoms with E-state index in [0.29, 0.717) is 27.2 Å². The largest absolute Gasteiger partial charge is 0.342 e. The molecule has 170 valence electrons. The fourth-order valence-electron chi connectivity index (χ4n) is 4.25. The highest BCUT2D eigenvalue weighted by Gasteiger charge is 2.37. The second-order valence-corrected chi connectivity index (χ2v) is 9.75. The van der Waals surface area contributed by atoms with Gasteiger partial charge < -0.3 is 4.57 Å². The molecule has 0 spiro atoms. The van der Waals surface area contributed by atoms with Gasteiger partial charge in [-0.3, -0.25) is 9.59 Å². The van der Waals surface area contributed by atoms with E-state index in [1.165, 1.54) is 5.56 Å². The molecule has 1 saturated heterocycles. The number of aromatic nitrogens is 1. The van der Waals surface area contributed by atoms with Crippen LogP contribution in [0.15, 0.2) is 77.8 Å². The van der Waals surface area contributed by atoms with E-state index >= 15 is 0 Å². The Balaban J connectivity index is 1.59.